The molecule has 1 saturated carbocycles. The topological polar surface area (TPSA) is 44.7 Å². The lowest BCUT2D eigenvalue weighted by molar-refractivity contribution is -0.0296. The molecule has 2 aromatic rings. The normalized spacial score (nSPS) is 20.9. The maximum atomic E-state index is 11.2. The number of aliphatic hydroxyl groups is 1. The van der Waals surface area contributed by atoms with E-state index in [4.69, 9.17) is 4.74 Å². The molecule has 156 valence electrons. The minimum absolute atomic E-state index is 0.267. The largest absolute Gasteiger partial charge is 0.489 e. The summed E-state index contributed by atoms with van der Waals surface area (Å²) in [7, 11) is 0. The van der Waals surface area contributed by atoms with E-state index in [0.717, 1.165) is 64.0 Å². The van der Waals surface area contributed by atoms with Gasteiger partial charge in [-0.2, -0.15) is 0 Å². The highest BCUT2D eigenvalue weighted by Crippen LogP contribution is 2.38. The predicted molar refractivity (Wildman–Crippen MR) is 117 cm³/mol. The molecule has 1 atom stereocenters. The van der Waals surface area contributed by atoms with Gasteiger partial charge in [0.05, 0.1) is 5.60 Å². The molecule has 1 unspecified atom stereocenters. The Bertz CT molecular complexity index is 735. The van der Waals surface area contributed by atoms with Crippen LogP contribution in [0.3, 0.4) is 0 Å². The standard InChI is InChI=1S/C25H34N2O2/c28-25(13-5-2-6-14-25)19-24(27-17-15-26-16-18-27)22-9-11-23(12-10-22)29-20-21-7-3-1-4-8-21/h1,3-4,7-12,24,26,28H,2,5-6,13-20H2. The van der Waals surface area contributed by atoms with Gasteiger partial charge in [0.2, 0.25) is 0 Å². The number of nitrogens with zero attached hydrogens (tertiary/aromatic N) is 1. The Kier molecular flexibility index (Phi) is 6.86. The lowest BCUT2D eigenvalue weighted by atomic mass is 9.79. The summed E-state index contributed by atoms with van der Waals surface area (Å²) in [4.78, 5) is 2.54. The molecule has 29 heavy (non-hydrogen) atoms. The molecule has 4 rings (SSSR count). The van der Waals surface area contributed by atoms with Crippen LogP contribution in [0.5, 0.6) is 5.75 Å². The van der Waals surface area contributed by atoms with Crippen LogP contribution in [0.15, 0.2) is 54.6 Å². The Morgan fingerprint density at radius 1 is 0.931 bits per heavy atom. The van der Waals surface area contributed by atoms with Crippen LogP contribution in [0.2, 0.25) is 0 Å². The van der Waals surface area contributed by atoms with E-state index in [-0.39, 0.29) is 6.04 Å². The average Bonchev–Trinajstić information content (AvgIpc) is 2.78. The lowest BCUT2D eigenvalue weighted by Gasteiger charge is -2.41. The molecule has 2 N–H and O–H groups in total. The van der Waals surface area contributed by atoms with E-state index in [0.29, 0.717) is 6.61 Å². The SMILES string of the molecule is OC1(CC(c2ccc(OCc3ccccc3)cc2)N2CCNCC2)CCCCC1. The molecule has 0 amide bonds. The molecule has 4 heteroatoms. The monoisotopic (exact) mass is 394 g/mol. The molecule has 2 fully saturated rings. The number of nitrogens with one attached hydrogen (secondary N) is 1. The van der Waals surface area contributed by atoms with Crippen molar-refractivity contribution < 1.29 is 9.84 Å². The van der Waals surface area contributed by atoms with Gasteiger partial charge in [0.1, 0.15) is 12.4 Å². The van der Waals surface area contributed by atoms with E-state index < -0.39 is 5.60 Å². The zero-order valence-electron chi connectivity index (χ0n) is 17.4. The smallest absolute Gasteiger partial charge is 0.119 e. The third-order valence-electron chi connectivity index (χ3n) is 6.46. The van der Waals surface area contributed by atoms with Gasteiger partial charge in [-0.15, -0.1) is 0 Å². The molecule has 2 aliphatic rings. The molecular weight excluding hydrogens is 360 g/mol. The fraction of sp³-hybridized carbons (Fsp3) is 0.520. The highest BCUT2D eigenvalue weighted by atomic mass is 16.5. The highest BCUT2D eigenvalue weighted by molar-refractivity contribution is 5.30. The molecule has 1 heterocycles. The summed E-state index contributed by atoms with van der Waals surface area (Å²) >= 11 is 0. The van der Waals surface area contributed by atoms with Crippen molar-refractivity contribution in [3.63, 3.8) is 0 Å². The molecule has 1 aliphatic heterocycles. The van der Waals surface area contributed by atoms with Crippen LogP contribution < -0.4 is 10.1 Å². The van der Waals surface area contributed by atoms with Gasteiger partial charge in [0, 0.05) is 32.2 Å². The molecular formula is C25H34N2O2. The fourth-order valence-corrected chi connectivity index (χ4v) is 4.75. The molecule has 4 nitrogen and oxygen atoms in total. The number of ether oxygens (including phenoxy) is 1. The molecule has 0 aromatic heterocycles. The highest BCUT2D eigenvalue weighted by Gasteiger charge is 2.35. The van der Waals surface area contributed by atoms with Crippen molar-refractivity contribution >= 4 is 0 Å². The zero-order chi connectivity index (χ0) is 19.9. The Morgan fingerprint density at radius 3 is 2.31 bits per heavy atom. The van der Waals surface area contributed by atoms with E-state index in [9.17, 15) is 5.11 Å². The van der Waals surface area contributed by atoms with Crippen molar-refractivity contribution in [3.8, 4) is 5.75 Å². The minimum atomic E-state index is -0.518. The second kappa shape index (κ2) is 9.75. The van der Waals surface area contributed by atoms with E-state index in [1.54, 1.807) is 0 Å². The maximum Gasteiger partial charge on any atom is 0.119 e. The van der Waals surface area contributed by atoms with Gasteiger partial charge in [0.25, 0.3) is 0 Å². The van der Waals surface area contributed by atoms with Gasteiger partial charge in [-0.3, -0.25) is 4.90 Å². The van der Waals surface area contributed by atoms with Gasteiger partial charge < -0.3 is 15.2 Å². The maximum absolute atomic E-state index is 11.2. The molecule has 2 aromatic carbocycles. The number of hydrogen-bond acceptors (Lipinski definition) is 4. The van der Waals surface area contributed by atoms with Crippen molar-refractivity contribution in [2.75, 3.05) is 26.2 Å². The van der Waals surface area contributed by atoms with E-state index in [1.807, 2.05) is 18.2 Å². The van der Waals surface area contributed by atoms with Crippen LogP contribution >= 0.6 is 0 Å². The first-order valence-corrected chi connectivity index (χ1v) is 11.2. The second-order valence-electron chi connectivity index (χ2n) is 8.63. The van der Waals surface area contributed by atoms with E-state index in [2.05, 4.69) is 46.6 Å². The van der Waals surface area contributed by atoms with Crippen LogP contribution in [0.1, 0.15) is 55.7 Å². The first-order valence-electron chi connectivity index (χ1n) is 11.2. The molecule has 1 aliphatic carbocycles. The third-order valence-corrected chi connectivity index (χ3v) is 6.46. The van der Waals surface area contributed by atoms with Crippen LogP contribution in [-0.4, -0.2) is 41.8 Å². The van der Waals surface area contributed by atoms with Crippen molar-refractivity contribution in [3.05, 3.63) is 65.7 Å². The van der Waals surface area contributed by atoms with Crippen LogP contribution in [-0.2, 0) is 6.61 Å². The number of rotatable bonds is 7. The number of benzene rings is 2. The molecule has 0 spiro atoms. The summed E-state index contributed by atoms with van der Waals surface area (Å²) in [6, 6.07) is 19.1. The van der Waals surface area contributed by atoms with Crippen LogP contribution in [0.25, 0.3) is 0 Å². The first kappa shape index (κ1) is 20.4. The summed E-state index contributed by atoms with van der Waals surface area (Å²) in [5, 5.41) is 14.7. The van der Waals surface area contributed by atoms with Crippen molar-refractivity contribution in [1.29, 1.82) is 0 Å². The lowest BCUT2D eigenvalue weighted by Crippen LogP contribution is -2.47. The van der Waals surface area contributed by atoms with Gasteiger partial charge in [-0.25, -0.2) is 0 Å². The van der Waals surface area contributed by atoms with Gasteiger partial charge in [-0.05, 0) is 42.5 Å². The molecule has 1 saturated heterocycles. The van der Waals surface area contributed by atoms with Crippen molar-refractivity contribution in [2.24, 2.45) is 0 Å². The summed E-state index contributed by atoms with van der Waals surface area (Å²) in [6.45, 7) is 4.70. The third kappa shape index (κ3) is 5.59. The summed E-state index contributed by atoms with van der Waals surface area (Å²) in [5.41, 5.74) is 1.95. The average molecular weight is 395 g/mol. The summed E-state index contributed by atoms with van der Waals surface area (Å²) < 4.78 is 5.97. The Morgan fingerprint density at radius 2 is 1.62 bits per heavy atom. The minimum Gasteiger partial charge on any atom is -0.489 e. The predicted octanol–water partition coefficient (Wildman–Crippen LogP) is 4.30. The number of piperazine rings is 1. The Balaban J connectivity index is 1.46. The van der Waals surface area contributed by atoms with Crippen LogP contribution in [0, 0.1) is 0 Å². The fourth-order valence-electron chi connectivity index (χ4n) is 4.75. The summed E-state index contributed by atoms with van der Waals surface area (Å²) in [6.07, 6.45) is 6.26. The first-order chi connectivity index (χ1) is 14.2. The van der Waals surface area contributed by atoms with E-state index in [1.165, 1.54) is 17.5 Å². The van der Waals surface area contributed by atoms with Crippen LogP contribution in [0.4, 0.5) is 0 Å². The Hall–Kier alpha value is -1.88. The van der Waals surface area contributed by atoms with Gasteiger partial charge in [0.15, 0.2) is 0 Å². The zero-order valence-corrected chi connectivity index (χ0v) is 17.4. The second-order valence-corrected chi connectivity index (χ2v) is 8.63. The molecule has 0 radical (unpaired) electrons. The number of hydrogen-bond donors (Lipinski definition) is 2. The van der Waals surface area contributed by atoms with Gasteiger partial charge >= 0.3 is 0 Å². The molecule has 0 bridgehead atoms. The summed E-state index contributed by atoms with van der Waals surface area (Å²) in [5.74, 6) is 0.896. The van der Waals surface area contributed by atoms with E-state index >= 15 is 0 Å². The van der Waals surface area contributed by atoms with Crippen molar-refractivity contribution in [2.45, 2.75) is 56.8 Å². The Labute approximate surface area is 174 Å². The quantitative estimate of drug-likeness (QED) is 0.735. The van der Waals surface area contributed by atoms with Gasteiger partial charge in [-0.1, -0.05) is 61.7 Å². The van der Waals surface area contributed by atoms with Crippen molar-refractivity contribution in [1.82, 2.24) is 10.2 Å².